The Hall–Kier alpha value is -3.30. The molecule has 0 bridgehead atoms. The van der Waals surface area contributed by atoms with Crippen LogP contribution in [-0.2, 0) is 11.4 Å². The molecule has 1 N–H and O–H groups in total. The normalized spacial score (nSPS) is 15.3. The van der Waals surface area contributed by atoms with Gasteiger partial charge in [0.15, 0.2) is 16.7 Å². The molecule has 0 saturated carbocycles. The zero-order valence-corrected chi connectivity index (χ0v) is 22.1. The third-order valence-corrected chi connectivity index (χ3v) is 6.43. The summed E-state index contributed by atoms with van der Waals surface area (Å²) in [5.74, 6) is 1.24. The van der Waals surface area contributed by atoms with E-state index in [1.54, 1.807) is 24.3 Å². The Morgan fingerprint density at radius 1 is 1.03 bits per heavy atom. The molecule has 0 atom stereocenters. The lowest BCUT2D eigenvalue weighted by Crippen LogP contribution is -2.19. The van der Waals surface area contributed by atoms with E-state index >= 15 is 0 Å². The van der Waals surface area contributed by atoms with Crippen LogP contribution in [0.1, 0.15) is 25.0 Å². The lowest BCUT2D eigenvalue weighted by atomic mass is 10.1. The Labute approximate surface area is 221 Å². The van der Waals surface area contributed by atoms with E-state index in [0.717, 1.165) is 11.3 Å². The number of hydrogen-bond donors (Lipinski definition) is 1. The highest BCUT2D eigenvalue weighted by molar-refractivity contribution is 9.10. The second-order valence-corrected chi connectivity index (χ2v) is 9.48. The Morgan fingerprint density at radius 2 is 1.81 bits per heavy atom. The molecule has 9 heteroatoms. The van der Waals surface area contributed by atoms with Gasteiger partial charge in [0.1, 0.15) is 18.2 Å². The Kier molecular flexibility index (Phi) is 8.66. The van der Waals surface area contributed by atoms with Crippen LogP contribution in [0.4, 0.5) is 10.1 Å². The van der Waals surface area contributed by atoms with Crippen molar-refractivity contribution in [1.29, 1.82) is 0 Å². The molecule has 1 fully saturated rings. The number of thioether (sulfide) groups is 1. The first-order valence-electron chi connectivity index (χ1n) is 11.3. The molecule has 1 aliphatic heterocycles. The van der Waals surface area contributed by atoms with Crippen LogP contribution in [0, 0.1) is 5.82 Å². The maximum Gasteiger partial charge on any atom is 0.264 e. The Morgan fingerprint density at radius 3 is 2.53 bits per heavy atom. The molecular weight excluding hydrogens is 547 g/mol. The summed E-state index contributed by atoms with van der Waals surface area (Å²) in [5.41, 5.74) is 2.17. The second kappa shape index (κ2) is 12.1. The number of amides is 1. The number of ether oxygens (including phenoxy) is 3. The summed E-state index contributed by atoms with van der Waals surface area (Å²) in [6.45, 7) is 5.00. The molecule has 0 aliphatic carbocycles. The van der Waals surface area contributed by atoms with Gasteiger partial charge in [-0.1, -0.05) is 12.1 Å². The molecule has 3 aromatic carbocycles. The van der Waals surface area contributed by atoms with E-state index in [2.05, 4.69) is 26.2 Å². The summed E-state index contributed by atoms with van der Waals surface area (Å²) in [6.07, 6.45) is 1.77. The molecule has 186 valence electrons. The minimum atomic E-state index is -0.319. The predicted molar refractivity (Wildman–Crippen MR) is 144 cm³/mol. The molecule has 0 unspecified atom stereocenters. The fourth-order valence-corrected chi connectivity index (χ4v) is 4.81. The first-order chi connectivity index (χ1) is 17.4. The van der Waals surface area contributed by atoms with Gasteiger partial charge in [-0.25, -0.2) is 9.38 Å². The van der Waals surface area contributed by atoms with Gasteiger partial charge >= 0.3 is 0 Å². The van der Waals surface area contributed by atoms with Crippen LogP contribution in [0.3, 0.4) is 0 Å². The van der Waals surface area contributed by atoms with E-state index in [-0.39, 0.29) is 18.3 Å². The van der Waals surface area contributed by atoms with Crippen molar-refractivity contribution >= 4 is 50.5 Å². The number of nitrogens with zero attached hydrogens (tertiary/aromatic N) is 1. The number of hydrogen-bond acceptors (Lipinski definition) is 6. The molecule has 0 aromatic heterocycles. The summed E-state index contributed by atoms with van der Waals surface area (Å²) in [5, 5.41) is 3.29. The van der Waals surface area contributed by atoms with E-state index < -0.39 is 0 Å². The summed E-state index contributed by atoms with van der Waals surface area (Å²) in [6, 6.07) is 17.2. The van der Waals surface area contributed by atoms with Crippen LogP contribution in [-0.4, -0.2) is 24.3 Å². The first kappa shape index (κ1) is 25.8. The van der Waals surface area contributed by atoms with E-state index in [1.165, 1.54) is 23.9 Å². The van der Waals surface area contributed by atoms with Gasteiger partial charge in [-0.2, -0.15) is 0 Å². The Bertz CT molecular complexity index is 1310. The summed E-state index contributed by atoms with van der Waals surface area (Å²) < 4.78 is 31.3. The van der Waals surface area contributed by atoms with E-state index in [9.17, 15) is 9.18 Å². The average molecular weight is 571 g/mol. The number of nitrogens with one attached hydrogen (secondary N) is 1. The van der Waals surface area contributed by atoms with Crippen molar-refractivity contribution in [2.75, 3.05) is 13.2 Å². The summed E-state index contributed by atoms with van der Waals surface area (Å²) in [4.78, 5) is 17.6. The SMILES string of the molecule is CCOc1ccc(N=C2NC(=O)/C(=C\c3cc(Br)c(OCc4cccc(F)c4)c(OCC)c3)S2)cc1. The monoisotopic (exact) mass is 570 g/mol. The fourth-order valence-electron chi connectivity index (χ4n) is 3.39. The van der Waals surface area contributed by atoms with E-state index in [4.69, 9.17) is 14.2 Å². The average Bonchev–Trinajstić information content (AvgIpc) is 3.18. The smallest absolute Gasteiger partial charge is 0.264 e. The molecule has 0 radical (unpaired) electrons. The van der Waals surface area contributed by atoms with Crippen molar-refractivity contribution in [3.05, 3.63) is 87.0 Å². The maximum absolute atomic E-state index is 13.5. The lowest BCUT2D eigenvalue weighted by Gasteiger charge is -2.15. The fraction of sp³-hybridized carbons (Fsp3) is 0.185. The number of halogens is 2. The number of carbonyl (C=O) groups is 1. The highest BCUT2D eigenvalue weighted by Crippen LogP contribution is 2.39. The van der Waals surface area contributed by atoms with Gasteiger partial charge in [0.2, 0.25) is 0 Å². The van der Waals surface area contributed by atoms with E-state index in [0.29, 0.717) is 50.5 Å². The molecule has 4 rings (SSSR count). The van der Waals surface area contributed by atoms with Crippen molar-refractivity contribution in [3.8, 4) is 17.2 Å². The number of carbonyl (C=O) groups excluding carboxylic acids is 1. The lowest BCUT2D eigenvalue weighted by molar-refractivity contribution is -0.115. The maximum atomic E-state index is 13.5. The number of aliphatic imine (C=N–C) groups is 1. The molecule has 3 aromatic rings. The third kappa shape index (κ3) is 6.67. The first-order valence-corrected chi connectivity index (χ1v) is 12.9. The largest absolute Gasteiger partial charge is 0.494 e. The predicted octanol–water partition coefficient (Wildman–Crippen LogP) is 6.86. The molecule has 36 heavy (non-hydrogen) atoms. The van der Waals surface area contributed by atoms with Gasteiger partial charge in [0, 0.05) is 0 Å². The zero-order valence-electron chi connectivity index (χ0n) is 19.7. The minimum absolute atomic E-state index is 0.181. The van der Waals surface area contributed by atoms with Crippen molar-refractivity contribution in [2.45, 2.75) is 20.5 Å². The molecule has 1 saturated heterocycles. The number of benzene rings is 3. The zero-order chi connectivity index (χ0) is 25.5. The molecule has 6 nitrogen and oxygen atoms in total. The molecule has 1 aliphatic rings. The standard InChI is InChI=1S/C27H24BrFN2O4S/c1-3-33-21-10-8-20(9-11-21)30-27-31-26(32)24(36-27)15-18-13-22(28)25(23(14-18)34-4-2)35-16-17-6-5-7-19(29)12-17/h5-15H,3-4,16H2,1-2H3,(H,30,31,32)/b24-15+. The van der Waals surface area contributed by atoms with Crippen LogP contribution >= 0.6 is 27.7 Å². The van der Waals surface area contributed by atoms with Gasteiger partial charge in [0.05, 0.1) is 28.3 Å². The molecule has 0 spiro atoms. The van der Waals surface area contributed by atoms with Crippen molar-refractivity contribution in [1.82, 2.24) is 5.32 Å². The molecular formula is C27H24BrFN2O4S. The van der Waals surface area contributed by atoms with Gasteiger partial charge < -0.3 is 19.5 Å². The van der Waals surface area contributed by atoms with Crippen LogP contribution in [0.2, 0.25) is 0 Å². The van der Waals surface area contributed by atoms with Crippen molar-refractivity contribution in [3.63, 3.8) is 0 Å². The van der Waals surface area contributed by atoms with E-state index in [1.807, 2.05) is 44.2 Å². The highest BCUT2D eigenvalue weighted by atomic mass is 79.9. The second-order valence-electron chi connectivity index (χ2n) is 7.59. The Balaban J connectivity index is 1.52. The van der Waals surface area contributed by atoms with Crippen molar-refractivity contribution < 1.29 is 23.4 Å². The van der Waals surface area contributed by atoms with Crippen LogP contribution < -0.4 is 19.5 Å². The number of rotatable bonds is 9. The van der Waals surface area contributed by atoms with Gasteiger partial charge in [0.25, 0.3) is 5.91 Å². The van der Waals surface area contributed by atoms with Gasteiger partial charge in [-0.15, -0.1) is 0 Å². The topological polar surface area (TPSA) is 69.2 Å². The van der Waals surface area contributed by atoms with Crippen LogP contribution in [0.15, 0.2) is 75.0 Å². The highest BCUT2D eigenvalue weighted by Gasteiger charge is 2.24. The van der Waals surface area contributed by atoms with Crippen molar-refractivity contribution in [2.24, 2.45) is 4.99 Å². The third-order valence-electron chi connectivity index (χ3n) is 4.93. The number of amidine groups is 1. The van der Waals surface area contributed by atoms with Crippen LogP contribution in [0.5, 0.6) is 17.2 Å². The molecule has 1 heterocycles. The van der Waals surface area contributed by atoms with Gasteiger partial charge in [-0.05, 0) is 107 Å². The summed E-state index contributed by atoms with van der Waals surface area (Å²) in [7, 11) is 0. The van der Waals surface area contributed by atoms with Gasteiger partial charge in [-0.3, -0.25) is 4.79 Å². The molecule has 1 amide bonds. The quantitative estimate of drug-likeness (QED) is 0.285. The minimum Gasteiger partial charge on any atom is -0.494 e. The summed E-state index contributed by atoms with van der Waals surface area (Å²) >= 11 is 4.80. The van der Waals surface area contributed by atoms with Crippen LogP contribution in [0.25, 0.3) is 6.08 Å².